The van der Waals surface area contributed by atoms with Crippen molar-refractivity contribution in [1.29, 1.82) is 5.26 Å². The summed E-state index contributed by atoms with van der Waals surface area (Å²) in [6.07, 6.45) is 1.53. The molecular weight excluding hydrogens is 234 g/mol. The summed E-state index contributed by atoms with van der Waals surface area (Å²) >= 11 is 5.93. The summed E-state index contributed by atoms with van der Waals surface area (Å²) in [5.74, 6) is 0.689. The van der Waals surface area contributed by atoms with Gasteiger partial charge in [0.25, 0.3) is 0 Å². The maximum absolute atomic E-state index is 8.67. The number of nitrogens with zero attached hydrogens (tertiary/aromatic N) is 2. The molecule has 84 valence electrons. The van der Waals surface area contributed by atoms with Crippen LogP contribution in [0.4, 0.5) is 11.5 Å². The maximum Gasteiger partial charge on any atom is 0.130 e. The molecule has 17 heavy (non-hydrogen) atoms. The lowest BCUT2D eigenvalue weighted by Crippen LogP contribution is -1.95. The normalized spacial score (nSPS) is 9.71. The molecule has 2 aromatic rings. The Kier molecular flexibility index (Phi) is 3.27. The Bertz CT molecular complexity index is 570. The zero-order valence-corrected chi connectivity index (χ0v) is 9.99. The lowest BCUT2D eigenvalue weighted by atomic mass is 10.2. The summed E-state index contributed by atoms with van der Waals surface area (Å²) in [6.45, 7) is 1.99. The third kappa shape index (κ3) is 2.74. The van der Waals surface area contributed by atoms with Crippen molar-refractivity contribution in [1.82, 2.24) is 4.98 Å². The third-order valence-corrected chi connectivity index (χ3v) is 2.59. The van der Waals surface area contributed by atoms with Crippen molar-refractivity contribution in [3.05, 3.63) is 52.7 Å². The quantitative estimate of drug-likeness (QED) is 0.876. The Balaban J connectivity index is 2.25. The first-order chi connectivity index (χ1) is 8.19. The van der Waals surface area contributed by atoms with Crippen molar-refractivity contribution >= 4 is 23.1 Å². The van der Waals surface area contributed by atoms with E-state index >= 15 is 0 Å². The van der Waals surface area contributed by atoms with E-state index in [-0.39, 0.29) is 0 Å². The Morgan fingerprint density at radius 2 is 2.12 bits per heavy atom. The molecule has 0 saturated carbocycles. The predicted octanol–water partition coefficient (Wildman–Crippen LogP) is 3.66. The summed E-state index contributed by atoms with van der Waals surface area (Å²) in [6, 6.07) is 11.1. The van der Waals surface area contributed by atoms with Crippen LogP contribution in [-0.2, 0) is 0 Å². The van der Waals surface area contributed by atoms with Crippen molar-refractivity contribution in [3.8, 4) is 6.07 Å². The van der Waals surface area contributed by atoms with E-state index in [4.69, 9.17) is 16.9 Å². The monoisotopic (exact) mass is 243 g/mol. The van der Waals surface area contributed by atoms with Crippen LogP contribution in [0.5, 0.6) is 0 Å². The molecule has 0 aliphatic heterocycles. The van der Waals surface area contributed by atoms with Crippen molar-refractivity contribution in [2.24, 2.45) is 0 Å². The Labute approximate surface area is 105 Å². The zero-order valence-electron chi connectivity index (χ0n) is 9.24. The minimum absolute atomic E-state index is 0.540. The minimum Gasteiger partial charge on any atom is -0.340 e. The lowest BCUT2D eigenvalue weighted by Gasteiger charge is -2.08. The molecule has 0 saturated heterocycles. The second-order valence-electron chi connectivity index (χ2n) is 3.63. The van der Waals surface area contributed by atoms with Gasteiger partial charge in [0.15, 0.2) is 0 Å². The van der Waals surface area contributed by atoms with E-state index in [1.807, 2.05) is 31.2 Å². The summed E-state index contributed by atoms with van der Waals surface area (Å²) in [5.41, 5.74) is 2.54. The molecule has 0 bridgehead atoms. The van der Waals surface area contributed by atoms with Crippen LogP contribution in [0, 0.1) is 18.3 Å². The number of rotatable bonds is 2. The van der Waals surface area contributed by atoms with Gasteiger partial charge in [-0.1, -0.05) is 17.7 Å². The number of anilines is 2. The largest absolute Gasteiger partial charge is 0.340 e. The molecule has 0 aliphatic rings. The number of aryl methyl sites for hydroxylation is 1. The first-order valence-corrected chi connectivity index (χ1v) is 5.46. The fraction of sp³-hybridized carbons (Fsp3) is 0.0769. The Morgan fingerprint density at radius 3 is 2.76 bits per heavy atom. The van der Waals surface area contributed by atoms with Crippen LogP contribution in [0.3, 0.4) is 0 Å². The zero-order chi connectivity index (χ0) is 12.3. The summed E-state index contributed by atoms with van der Waals surface area (Å²) in [7, 11) is 0. The van der Waals surface area contributed by atoms with Gasteiger partial charge in [-0.15, -0.1) is 0 Å². The summed E-state index contributed by atoms with van der Waals surface area (Å²) in [5, 5.41) is 12.5. The summed E-state index contributed by atoms with van der Waals surface area (Å²) < 4.78 is 0. The van der Waals surface area contributed by atoms with Crippen LogP contribution in [0.15, 0.2) is 36.5 Å². The van der Waals surface area contributed by atoms with Crippen LogP contribution in [0.2, 0.25) is 5.02 Å². The molecule has 1 heterocycles. The van der Waals surface area contributed by atoms with Gasteiger partial charge in [0.1, 0.15) is 11.9 Å². The fourth-order valence-electron chi connectivity index (χ4n) is 1.40. The van der Waals surface area contributed by atoms with Gasteiger partial charge in [-0.25, -0.2) is 4.98 Å². The smallest absolute Gasteiger partial charge is 0.130 e. The van der Waals surface area contributed by atoms with Gasteiger partial charge < -0.3 is 5.32 Å². The van der Waals surface area contributed by atoms with Crippen LogP contribution >= 0.6 is 11.6 Å². The highest BCUT2D eigenvalue weighted by Crippen LogP contribution is 2.23. The number of hydrogen-bond donors (Lipinski definition) is 1. The standard InChI is InChI=1S/C13H10ClN3/c1-9-2-4-11(14)6-12(9)17-13-5-3-10(7-15)8-16-13/h2-6,8H,1H3,(H,16,17). The molecular formula is C13H10ClN3. The molecule has 4 heteroatoms. The van der Waals surface area contributed by atoms with E-state index in [9.17, 15) is 0 Å². The van der Waals surface area contributed by atoms with E-state index in [2.05, 4.69) is 10.3 Å². The van der Waals surface area contributed by atoms with E-state index in [1.54, 1.807) is 12.1 Å². The molecule has 1 aromatic carbocycles. The van der Waals surface area contributed by atoms with Gasteiger partial charge in [-0.3, -0.25) is 0 Å². The minimum atomic E-state index is 0.540. The highest BCUT2D eigenvalue weighted by atomic mass is 35.5. The predicted molar refractivity (Wildman–Crippen MR) is 68.4 cm³/mol. The molecule has 0 amide bonds. The first-order valence-electron chi connectivity index (χ1n) is 5.08. The van der Waals surface area contributed by atoms with E-state index in [0.29, 0.717) is 16.4 Å². The highest BCUT2D eigenvalue weighted by Gasteiger charge is 2.01. The second-order valence-corrected chi connectivity index (χ2v) is 4.06. The molecule has 0 atom stereocenters. The summed E-state index contributed by atoms with van der Waals surface area (Å²) in [4.78, 5) is 4.14. The topological polar surface area (TPSA) is 48.7 Å². The number of pyridine rings is 1. The van der Waals surface area contributed by atoms with Gasteiger partial charge in [-0.2, -0.15) is 5.26 Å². The van der Waals surface area contributed by atoms with Crippen LogP contribution in [0.1, 0.15) is 11.1 Å². The van der Waals surface area contributed by atoms with E-state index in [0.717, 1.165) is 11.3 Å². The van der Waals surface area contributed by atoms with Gasteiger partial charge in [0.05, 0.1) is 5.56 Å². The van der Waals surface area contributed by atoms with Crippen molar-refractivity contribution in [2.45, 2.75) is 6.92 Å². The molecule has 0 spiro atoms. The molecule has 1 N–H and O–H groups in total. The van der Waals surface area contributed by atoms with Crippen LogP contribution in [-0.4, -0.2) is 4.98 Å². The second kappa shape index (κ2) is 4.86. The third-order valence-electron chi connectivity index (χ3n) is 2.35. The van der Waals surface area contributed by atoms with Crippen molar-refractivity contribution in [3.63, 3.8) is 0 Å². The van der Waals surface area contributed by atoms with Gasteiger partial charge >= 0.3 is 0 Å². The number of benzene rings is 1. The highest BCUT2D eigenvalue weighted by molar-refractivity contribution is 6.30. The average Bonchev–Trinajstić information content (AvgIpc) is 2.35. The van der Waals surface area contributed by atoms with Gasteiger partial charge in [-0.05, 0) is 36.8 Å². The molecule has 0 unspecified atom stereocenters. The average molecular weight is 244 g/mol. The number of nitriles is 1. The Morgan fingerprint density at radius 1 is 1.29 bits per heavy atom. The molecule has 0 fully saturated rings. The number of aromatic nitrogens is 1. The van der Waals surface area contributed by atoms with E-state index < -0.39 is 0 Å². The molecule has 2 rings (SSSR count). The number of hydrogen-bond acceptors (Lipinski definition) is 3. The van der Waals surface area contributed by atoms with Gasteiger partial charge in [0.2, 0.25) is 0 Å². The van der Waals surface area contributed by atoms with Crippen LogP contribution in [0.25, 0.3) is 0 Å². The van der Waals surface area contributed by atoms with Crippen molar-refractivity contribution in [2.75, 3.05) is 5.32 Å². The van der Waals surface area contributed by atoms with Crippen LogP contribution < -0.4 is 5.32 Å². The SMILES string of the molecule is Cc1ccc(Cl)cc1Nc1ccc(C#N)cn1. The maximum atomic E-state index is 8.67. The number of halogens is 1. The molecule has 3 nitrogen and oxygen atoms in total. The lowest BCUT2D eigenvalue weighted by molar-refractivity contribution is 1.28. The molecule has 0 aliphatic carbocycles. The fourth-order valence-corrected chi connectivity index (χ4v) is 1.57. The molecule has 1 aromatic heterocycles. The van der Waals surface area contributed by atoms with Gasteiger partial charge in [0, 0.05) is 16.9 Å². The van der Waals surface area contributed by atoms with E-state index in [1.165, 1.54) is 6.20 Å². The van der Waals surface area contributed by atoms with Crippen molar-refractivity contribution < 1.29 is 0 Å². The number of nitrogens with one attached hydrogen (secondary N) is 1. The Hall–Kier alpha value is -2.05. The molecule has 0 radical (unpaired) electrons. The first kappa shape index (κ1) is 11.4.